The number of ether oxygens (including phenoxy) is 2. The van der Waals surface area contributed by atoms with Gasteiger partial charge in [-0.05, 0) is 12.1 Å². The van der Waals surface area contributed by atoms with Crippen molar-refractivity contribution < 1.29 is 23.4 Å². The summed E-state index contributed by atoms with van der Waals surface area (Å²) >= 11 is 0. The molecule has 104 valence electrons. The molecule has 1 aromatic rings. The Morgan fingerprint density at radius 2 is 1.78 bits per heavy atom. The molecular weight excluding hydrogens is 244 g/mol. The van der Waals surface area contributed by atoms with Crippen LogP contribution in [-0.2, 0) is 0 Å². The molecule has 0 unspecified atom stereocenters. The smallest absolute Gasteiger partial charge is 0.395 e. The van der Waals surface area contributed by atoms with Crippen LogP contribution in [0.3, 0.4) is 0 Å². The quantitative estimate of drug-likeness (QED) is 0.803. The normalized spacial score (nSPS) is 13.7. The fraction of sp³-hybridized carbons (Fsp3) is 0.500. The van der Waals surface area contributed by atoms with E-state index in [0.717, 1.165) is 0 Å². The van der Waals surface area contributed by atoms with E-state index in [1.165, 1.54) is 18.2 Å². The summed E-state index contributed by atoms with van der Waals surface area (Å²) < 4.78 is 33.7. The molecule has 0 radical (unpaired) electrons. The molecule has 0 saturated carbocycles. The molecule has 0 saturated heterocycles. The molecule has 2 N–H and O–H groups in total. The number of halogens is 2. The Bertz CT molecular complexity index is 359. The molecule has 0 aliphatic carbocycles. The van der Waals surface area contributed by atoms with Crippen LogP contribution in [0.15, 0.2) is 18.2 Å². The highest BCUT2D eigenvalue weighted by Crippen LogP contribution is 2.45. The summed E-state index contributed by atoms with van der Waals surface area (Å²) in [4.78, 5) is 0. The number of nitrogens with one attached hydrogen (secondary N) is 1. The number of benzene rings is 1. The Hall–Kier alpha value is -1.56. The topological polar surface area (TPSA) is 50.7 Å². The van der Waals surface area contributed by atoms with Crippen LogP contribution in [0.1, 0.15) is 27.7 Å². The second kappa shape index (κ2) is 7.71. The third-order valence-corrected chi connectivity index (χ3v) is 1.70. The lowest BCUT2D eigenvalue weighted by molar-refractivity contribution is -0.286. The van der Waals surface area contributed by atoms with Gasteiger partial charge in [0, 0.05) is 0 Å². The van der Waals surface area contributed by atoms with Gasteiger partial charge in [-0.3, -0.25) is 0 Å². The lowest BCUT2D eigenvalue weighted by Gasteiger charge is -2.07. The average molecular weight is 263 g/mol. The summed E-state index contributed by atoms with van der Waals surface area (Å²) in [5.74, 6) is -0.139. The summed E-state index contributed by atoms with van der Waals surface area (Å²) in [6.45, 7) is 7.63. The number of aliphatic hydroxyl groups excluding tert-OH is 1. The van der Waals surface area contributed by atoms with Crippen LogP contribution < -0.4 is 14.8 Å². The average Bonchev–Trinajstić information content (AvgIpc) is 2.70. The van der Waals surface area contributed by atoms with Gasteiger partial charge in [-0.15, -0.1) is 8.78 Å². The number of aliphatic hydroxyl groups is 1. The van der Waals surface area contributed by atoms with Gasteiger partial charge < -0.3 is 19.9 Å². The molecule has 6 heteroatoms. The molecule has 1 heterocycles. The molecule has 1 aromatic carbocycles. The summed E-state index contributed by atoms with van der Waals surface area (Å²) in [6, 6.07) is 4.38. The first kappa shape index (κ1) is 16.4. The molecular formula is C12H19F2NO3. The van der Waals surface area contributed by atoms with Gasteiger partial charge >= 0.3 is 6.29 Å². The van der Waals surface area contributed by atoms with E-state index in [2.05, 4.69) is 14.8 Å². The SMILES string of the molecule is CC.CC.OCNc1cccc2c1OC(F)(F)O2. The van der Waals surface area contributed by atoms with Gasteiger partial charge in [0.05, 0.1) is 5.69 Å². The van der Waals surface area contributed by atoms with Gasteiger partial charge in [-0.1, -0.05) is 33.8 Å². The van der Waals surface area contributed by atoms with Crippen LogP contribution in [0.4, 0.5) is 14.5 Å². The first-order chi connectivity index (χ1) is 8.62. The van der Waals surface area contributed by atoms with Crippen molar-refractivity contribution in [3.05, 3.63) is 18.2 Å². The van der Waals surface area contributed by atoms with E-state index in [1.807, 2.05) is 27.7 Å². The number of rotatable bonds is 2. The predicted octanol–water partition coefficient (Wildman–Crippen LogP) is 3.42. The van der Waals surface area contributed by atoms with Crippen molar-refractivity contribution in [2.24, 2.45) is 0 Å². The van der Waals surface area contributed by atoms with Gasteiger partial charge in [-0.25, -0.2) is 0 Å². The van der Waals surface area contributed by atoms with Crippen LogP contribution in [0, 0.1) is 0 Å². The van der Waals surface area contributed by atoms with E-state index in [9.17, 15) is 8.78 Å². The zero-order chi connectivity index (χ0) is 14.2. The number of hydrogen-bond acceptors (Lipinski definition) is 4. The van der Waals surface area contributed by atoms with Crippen molar-refractivity contribution in [1.82, 2.24) is 0 Å². The van der Waals surface area contributed by atoms with E-state index < -0.39 is 6.29 Å². The Morgan fingerprint density at radius 1 is 1.17 bits per heavy atom. The largest absolute Gasteiger partial charge is 0.586 e. The Labute approximate surface area is 106 Å². The molecule has 2 rings (SSSR count). The zero-order valence-corrected chi connectivity index (χ0v) is 11.0. The first-order valence-electron chi connectivity index (χ1n) is 5.86. The summed E-state index contributed by atoms with van der Waals surface area (Å²) in [7, 11) is 0. The fourth-order valence-corrected chi connectivity index (χ4v) is 1.19. The van der Waals surface area contributed by atoms with Crippen molar-refractivity contribution in [2.45, 2.75) is 34.0 Å². The summed E-state index contributed by atoms with van der Waals surface area (Å²) in [6.07, 6.45) is -3.63. The van der Waals surface area contributed by atoms with E-state index in [1.54, 1.807) is 0 Å². The lowest BCUT2D eigenvalue weighted by atomic mass is 10.3. The van der Waals surface area contributed by atoms with Crippen LogP contribution in [0.2, 0.25) is 0 Å². The summed E-state index contributed by atoms with van der Waals surface area (Å²) in [5, 5.41) is 11.0. The minimum absolute atomic E-state index is 0.0477. The van der Waals surface area contributed by atoms with Crippen molar-refractivity contribution in [1.29, 1.82) is 0 Å². The summed E-state index contributed by atoms with van der Waals surface area (Å²) in [5.41, 5.74) is 0.266. The van der Waals surface area contributed by atoms with Crippen LogP contribution in [0.5, 0.6) is 11.5 Å². The minimum atomic E-state index is -3.63. The molecule has 0 spiro atoms. The molecule has 0 bridgehead atoms. The van der Waals surface area contributed by atoms with Crippen molar-refractivity contribution in [3.8, 4) is 11.5 Å². The number of fused-ring (bicyclic) bond motifs is 1. The maximum Gasteiger partial charge on any atom is 0.586 e. The standard InChI is InChI=1S/C8H7F2NO3.2C2H6/c9-8(10)13-6-3-1-2-5(11-4-12)7(6)14-8;2*1-2/h1-3,11-12H,4H2;2*1-2H3. The van der Waals surface area contributed by atoms with Crippen molar-refractivity contribution in [3.63, 3.8) is 0 Å². The third-order valence-electron chi connectivity index (χ3n) is 1.70. The van der Waals surface area contributed by atoms with Crippen LogP contribution in [0.25, 0.3) is 0 Å². The fourth-order valence-electron chi connectivity index (χ4n) is 1.19. The monoisotopic (exact) mass is 263 g/mol. The molecule has 0 fully saturated rings. The second-order valence-corrected chi connectivity index (χ2v) is 2.64. The van der Waals surface area contributed by atoms with Gasteiger partial charge in [0.25, 0.3) is 0 Å². The van der Waals surface area contributed by atoms with E-state index in [0.29, 0.717) is 0 Å². The maximum absolute atomic E-state index is 12.6. The maximum atomic E-state index is 12.6. The Balaban J connectivity index is 0.000000659. The lowest BCUT2D eigenvalue weighted by Crippen LogP contribution is -2.26. The number of hydrogen-bond donors (Lipinski definition) is 2. The highest BCUT2D eigenvalue weighted by molar-refractivity contribution is 5.64. The zero-order valence-electron chi connectivity index (χ0n) is 11.0. The van der Waals surface area contributed by atoms with Crippen LogP contribution >= 0.6 is 0 Å². The Morgan fingerprint density at radius 3 is 2.33 bits per heavy atom. The molecule has 1 aliphatic rings. The van der Waals surface area contributed by atoms with Gasteiger partial charge in [0.1, 0.15) is 6.73 Å². The second-order valence-electron chi connectivity index (χ2n) is 2.64. The van der Waals surface area contributed by atoms with E-state index in [-0.39, 0.29) is 23.9 Å². The van der Waals surface area contributed by atoms with Gasteiger partial charge in [0.15, 0.2) is 11.5 Å². The number of para-hydroxylation sites is 1. The van der Waals surface area contributed by atoms with Gasteiger partial charge in [0.2, 0.25) is 0 Å². The van der Waals surface area contributed by atoms with Crippen molar-refractivity contribution >= 4 is 5.69 Å². The molecule has 0 atom stereocenters. The minimum Gasteiger partial charge on any atom is -0.395 e. The molecule has 4 nitrogen and oxygen atoms in total. The highest BCUT2D eigenvalue weighted by Gasteiger charge is 2.44. The van der Waals surface area contributed by atoms with Gasteiger partial charge in [-0.2, -0.15) is 0 Å². The molecule has 1 aliphatic heterocycles. The highest BCUT2D eigenvalue weighted by atomic mass is 19.3. The molecule has 18 heavy (non-hydrogen) atoms. The third kappa shape index (κ3) is 4.03. The van der Waals surface area contributed by atoms with E-state index in [4.69, 9.17) is 5.11 Å². The predicted molar refractivity (Wildman–Crippen MR) is 66.0 cm³/mol. The first-order valence-corrected chi connectivity index (χ1v) is 5.86. The van der Waals surface area contributed by atoms with E-state index >= 15 is 0 Å². The Kier molecular flexibility index (Phi) is 7.04. The molecule has 0 aromatic heterocycles. The van der Waals surface area contributed by atoms with Crippen LogP contribution in [-0.4, -0.2) is 18.1 Å². The number of alkyl halides is 2. The number of anilines is 1. The molecule has 0 amide bonds. The van der Waals surface area contributed by atoms with Crippen molar-refractivity contribution in [2.75, 3.05) is 12.0 Å².